The molecule has 2 aromatic heterocycles. The molecule has 1 aliphatic heterocycles. The van der Waals surface area contributed by atoms with Crippen LogP contribution < -0.4 is 5.32 Å². The Bertz CT molecular complexity index is 979. The highest BCUT2D eigenvalue weighted by atomic mass is 32.1. The minimum absolute atomic E-state index is 0.0624. The molecule has 1 saturated heterocycles. The molecule has 1 fully saturated rings. The number of aromatic nitrogens is 2. The molecular weight excluding hydrogens is 410 g/mol. The average molecular weight is 442 g/mol. The van der Waals surface area contributed by atoms with Gasteiger partial charge < -0.3 is 9.30 Å². The van der Waals surface area contributed by atoms with Gasteiger partial charge in [-0.1, -0.05) is 6.42 Å². The van der Waals surface area contributed by atoms with Crippen LogP contribution in [0.2, 0.25) is 0 Å². The zero-order chi connectivity index (χ0) is 22.4. The third-order valence-corrected chi connectivity index (χ3v) is 6.45. The lowest BCUT2D eigenvalue weighted by Crippen LogP contribution is -2.29. The molecular formula is C23H31N5O2S. The Hall–Kier alpha value is -2.47. The summed E-state index contributed by atoms with van der Waals surface area (Å²) in [5.41, 5.74) is 3.94. The highest BCUT2D eigenvalue weighted by Gasteiger charge is 2.17. The number of rotatable bonds is 8. The van der Waals surface area contributed by atoms with Crippen molar-refractivity contribution in [3.63, 3.8) is 0 Å². The second-order valence-electron chi connectivity index (χ2n) is 8.11. The van der Waals surface area contributed by atoms with Gasteiger partial charge >= 0.3 is 0 Å². The maximum atomic E-state index is 12.7. The van der Waals surface area contributed by atoms with Crippen molar-refractivity contribution in [1.82, 2.24) is 14.5 Å². The summed E-state index contributed by atoms with van der Waals surface area (Å²) < 4.78 is 7.44. The number of nitrogens with one attached hydrogen (secondary N) is 1. The van der Waals surface area contributed by atoms with E-state index in [0.717, 1.165) is 42.3 Å². The molecule has 1 atom stereocenters. The third-order valence-electron chi connectivity index (χ3n) is 5.64. The molecule has 1 unspecified atom stereocenters. The normalized spacial score (nSPS) is 16.2. The van der Waals surface area contributed by atoms with Crippen molar-refractivity contribution in [1.29, 1.82) is 5.26 Å². The van der Waals surface area contributed by atoms with Gasteiger partial charge in [-0.25, -0.2) is 4.98 Å². The summed E-state index contributed by atoms with van der Waals surface area (Å²) >= 11 is 1.40. The lowest BCUT2D eigenvalue weighted by atomic mass is 10.1. The number of aryl methyl sites for hydroxylation is 1. The van der Waals surface area contributed by atoms with Crippen molar-refractivity contribution < 1.29 is 9.53 Å². The van der Waals surface area contributed by atoms with Gasteiger partial charge in [0.1, 0.15) is 11.6 Å². The van der Waals surface area contributed by atoms with Crippen molar-refractivity contribution >= 4 is 28.5 Å². The van der Waals surface area contributed by atoms with E-state index in [1.165, 1.54) is 30.6 Å². The summed E-state index contributed by atoms with van der Waals surface area (Å²) in [6.07, 6.45) is 5.41. The first kappa shape index (κ1) is 23.2. The Morgan fingerprint density at radius 1 is 1.39 bits per heavy atom. The van der Waals surface area contributed by atoms with Crippen LogP contribution >= 0.6 is 11.3 Å². The molecule has 166 valence electrons. The number of hydrogen-bond donors (Lipinski definition) is 1. The Morgan fingerprint density at radius 3 is 2.81 bits per heavy atom. The van der Waals surface area contributed by atoms with Crippen LogP contribution in [-0.4, -0.2) is 47.2 Å². The van der Waals surface area contributed by atoms with Gasteiger partial charge in [-0.3, -0.25) is 15.0 Å². The molecule has 2 aromatic rings. The van der Waals surface area contributed by atoms with Gasteiger partial charge in [0, 0.05) is 30.4 Å². The van der Waals surface area contributed by atoms with Crippen LogP contribution in [0.4, 0.5) is 5.13 Å². The number of nitriles is 1. The molecule has 1 N–H and O–H groups in total. The first-order valence-corrected chi connectivity index (χ1v) is 11.6. The predicted molar refractivity (Wildman–Crippen MR) is 124 cm³/mol. The number of carbonyl (C=O) groups excluding carboxylic acids is 1. The summed E-state index contributed by atoms with van der Waals surface area (Å²) in [7, 11) is 1.68. The first-order valence-electron chi connectivity index (χ1n) is 10.7. The average Bonchev–Trinajstić information content (AvgIpc) is 3.29. The SMILES string of the molecule is COCC(C)n1c(C)cc(/C=C(/C#N)C(=O)Nc2nc(CN3CCCCC3)cs2)c1C. The highest BCUT2D eigenvalue weighted by molar-refractivity contribution is 7.14. The van der Waals surface area contributed by atoms with E-state index in [1.54, 1.807) is 13.2 Å². The van der Waals surface area contributed by atoms with Crippen LogP contribution in [0.3, 0.4) is 0 Å². The van der Waals surface area contributed by atoms with Crippen LogP contribution in [0.5, 0.6) is 0 Å². The van der Waals surface area contributed by atoms with E-state index in [-0.39, 0.29) is 11.6 Å². The van der Waals surface area contributed by atoms with Crippen LogP contribution in [0.25, 0.3) is 6.08 Å². The maximum Gasteiger partial charge on any atom is 0.268 e. The second-order valence-corrected chi connectivity index (χ2v) is 8.96. The number of methoxy groups -OCH3 is 1. The zero-order valence-corrected chi connectivity index (χ0v) is 19.6. The Labute approximate surface area is 188 Å². The topological polar surface area (TPSA) is 83.2 Å². The number of amides is 1. The van der Waals surface area contributed by atoms with E-state index >= 15 is 0 Å². The number of hydrogen-bond acceptors (Lipinski definition) is 6. The van der Waals surface area contributed by atoms with E-state index in [4.69, 9.17) is 4.74 Å². The van der Waals surface area contributed by atoms with E-state index in [9.17, 15) is 10.1 Å². The molecule has 1 amide bonds. The molecule has 0 aliphatic carbocycles. The van der Waals surface area contributed by atoms with Crippen LogP contribution in [0.1, 0.15) is 54.9 Å². The van der Waals surface area contributed by atoms with E-state index in [2.05, 4.69) is 26.7 Å². The van der Waals surface area contributed by atoms with Crippen molar-refractivity contribution in [3.8, 4) is 6.07 Å². The molecule has 3 heterocycles. The standard InChI is InChI=1S/C23H31N5O2S/c1-16-10-19(18(3)28(16)17(2)14-30-4)11-20(12-24)22(29)26-23-25-21(15-31-23)13-27-8-6-5-7-9-27/h10-11,15,17H,5-9,13-14H2,1-4H3,(H,25,26,29)/b20-11-. The monoisotopic (exact) mass is 441 g/mol. The number of carbonyl (C=O) groups is 1. The van der Waals surface area contributed by atoms with Gasteiger partial charge in [-0.2, -0.15) is 5.26 Å². The molecule has 0 aromatic carbocycles. The summed E-state index contributed by atoms with van der Waals surface area (Å²) in [6, 6.07) is 4.20. The van der Waals surface area contributed by atoms with Gasteiger partial charge in [0.25, 0.3) is 5.91 Å². The molecule has 0 spiro atoms. The van der Waals surface area contributed by atoms with E-state index in [1.807, 2.05) is 31.4 Å². The summed E-state index contributed by atoms with van der Waals surface area (Å²) in [4.78, 5) is 19.6. The van der Waals surface area contributed by atoms with Gasteiger partial charge in [0.2, 0.25) is 0 Å². The number of anilines is 1. The van der Waals surface area contributed by atoms with Gasteiger partial charge in [-0.15, -0.1) is 11.3 Å². The largest absolute Gasteiger partial charge is 0.383 e. The first-order chi connectivity index (χ1) is 14.9. The molecule has 0 bridgehead atoms. The molecule has 3 rings (SSSR count). The van der Waals surface area contributed by atoms with E-state index < -0.39 is 5.91 Å². The van der Waals surface area contributed by atoms with Gasteiger partial charge in [0.15, 0.2) is 5.13 Å². The lowest BCUT2D eigenvalue weighted by molar-refractivity contribution is -0.112. The van der Waals surface area contributed by atoms with Crippen molar-refractivity contribution in [3.05, 3.63) is 39.7 Å². The number of nitrogens with zero attached hydrogens (tertiary/aromatic N) is 4. The number of ether oxygens (including phenoxy) is 1. The Morgan fingerprint density at radius 2 is 2.13 bits per heavy atom. The fraction of sp³-hybridized carbons (Fsp3) is 0.522. The van der Waals surface area contributed by atoms with Crippen LogP contribution in [0.15, 0.2) is 17.0 Å². The predicted octanol–water partition coefficient (Wildman–Crippen LogP) is 4.30. The number of thiazole rings is 1. The minimum atomic E-state index is -0.434. The van der Waals surface area contributed by atoms with Crippen molar-refractivity contribution in [2.45, 2.75) is 52.6 Å². The molecule has 1 aliphatic rings. The molecule has 0 saturated carbocycles. The molecule has 0 radical (unpaired) electrons. The summed E-state index contributed by atoms with van der Waals surface area (Å²) in [5.74, 6) is -0.434. The van der Waals surface area contributed by atoms with E-state index in [0.29, 0.717) is 11.7 Å². The smallest absolute Gasteiger partial charge is 0.268 e. The van der Waals surface area contributed by atoms with Crippen LogP contribution in [-0.2, 0) is 16.1 Å². The maximum absolute atomic E-state index is 12.7. The zero-order valence-electron chi connectivity index (χ0n) is 18.8. The van der Waals surface area contributed by atoms with Crippen molar-refractivity contribution in [2.75, 3.05) is 32.1 Å². The van der Waals surface area contributed by atoms with Crippen molar-refractivity contribution in [2.24, 2.45) is 0 Å². The third kappa shape index (κ3) is 5.82. The lowest BCUT2D eigenvalue weighted by Gasteiger charge is -2.25. The summed E-state index contributed by atoms with van der Waals surface area (Å²) in [6.45, 7) is 9.68. The fourth-order valence-corrected chi connectivity index (χ4v) is 4.89. The minimum Gasteiger partial charge on any atom is -0.383 e. The van der Waals surface area contributed by atoms with Gasteiger partial charge in [-0.05, 0) is 64.4 Å². The Balaban J connectivity index is 1.70. The quantitative estimate of drug-likeness (QED) is 0.488. The number of piperidine rings is 1. The molecule has 7 nitrogen and oxygen atoms in total. The highest BCUT2D eigenvalue weighted by Crippen LogP contribution is 2.24. The fourth-order valence-electron chi connectivity index (χ4n) is 4.19. The molecule has 8 heteroatoms. The Kier molecular flexibility index (Phi) is 8.02. The summed E-state index contributed by atoms with van der Waals surface area (Å²) in [5, 5.41) is 14.9. The number of likely N-dealkylation sites (tertiary alicyclic amines) is 1. The van der Waals surface area contributed by atoms with Crippen LogP contribution in [0, 0.1) is 25.2 Å². The molecule has 31 heavy (non-hydrogen) atoms. The second kappa shape index (κ2) is 10.7. The van der Waals surface area contributed by atoms with Gasteiger partial charge in [0.05, 0.1) is 18.3 Å².